The lowest BCUT2D eigenvalue weighted by Gasteiger charge is -2.37. The fourth-order valence-corrected chi connectivity index (χ4v) is 3.81. The molecule has 0 radical (unpaired) electrons. The Morgan fingerprint density at radius 1 is 1.11 bits per heavy atom. The Kier molecular flexibility index (Phi) is 5.83. The highest BCUT2D eigenvalue weighted by Crippen LogP contribution is 2.48. The van der Waals surface area contributed by atoms with Gasteiger partial charge >= 0.3 is 0 Å². The number of morpholine rings is 1. The van der Waals surface area contributed by atoms with E-state index in [-0.39, 0.29) is 34.6 Å². The summed E-state index contributed by atoms with van der Waals surface area (Å²) in [4.78, 5) is 11.8. The van der Waals surface area contributed by atoms with Crippen molar-refractivity contribution in [3.8, 4) is 22.3 Å². The van der Waals surface area contributed by atoms with Gasteiger partial charge in [0.15, 0.2) is 0 Å². The van der Waals surface area contributed by atoms with Gasteiger partial charge in [-0.05, 0) is 11.6 Å². The summed E-state index contributed by atoms with van der Waals surface area (Å²) in [7, 11) is 2.14. The highest BCUT2D eigenvalue weighted by atomic mass is 127. The average molecular weight is 480 g/mol. The summed E-state index contributed by atoms with van der Waals surface area (Å²) in [6.07, 6.45) is 3.21. The third-order valence-corrected chi connectivity index (χ3v) is 5.24. The van der Waals surface area contributed by atoms with Crippen LogP contribution in [0.25, 0.3) is 22.3 Å². The number of nitrogens with zero attached hydrogens (tertiary/aromatic N) is 2. The lowest BCUT2D eigenvalue weighted by atomic mass is 10.0. The minimum atomic E-state index is -0.246. The number of quaternary nitrogens is 1. The van der Waals surface area contributed by atoms with E-state index >= 15 is 0 Å². The summed E-state index contributed by atoms with van der Waals surface area (Å²) in [6.45, 7) is 3.67. The molecule has 1 aromatic rings. The number of likely N-dealkylation sites (N-methyl/N-ethyl adjacent to an activating group) is 1. The van der Waals surface area contributed by atoms with Gasteiger partial charge in [-0.3, -0.25) is 10.1 Å². The van der Waals surface area contributed by atoms with Gasteiger partial charge in [-0.1, -0.05) is 30.3 Å². The van der Waals surface area contributed by atoms with E-state index in [2.05, 4.69) is 7.05 Å². The van der Waals surface area contributed by atoms with Crippen LogP contribution in [0.3, 0.4) is 0 Å². The van der Waals surface area contributed by atoms with Crippen molar-refractivity contribution >= 4 is 5.69 Å². The van der Waals surface area contributed by atoms with Gasteiger partial charge in [-0.2, -0.15) is 0 Å². The van der Waals surface area contributed by atoms with Crippen molar-refractivity contribution in [2.45, 2.75) is 6.54 Å². The van der Waals surface area contributed by atoms with Gasteiger partial charge in [0, 0.05) is 11.1 Å². The van der Waals surface area contributed by atoms with Crippen LogP contribution < -0.4 is 24.0 Å². The smallest absolute Gasteiger partial charge is 0.287 e. The Morgan fingerprint density at radius 3 is 2.48 bits per heavy atom. The van der Waals surface area contributed by atoms with E-state index in [0.717, 1.165) is 39.8 Å². The minimum absolute atomic E-state index is 0. The molecule has 27 heavy (non-hydrogen) atoms. The zero-order chi connectivity index (χ0) is 18.1. The van der Waals surface area contributed by atoms with E-state index in [1.807, 2.05) is 36.4 Å². The molecule has 0 bridgehead atoms. The number of benzene rings is 1. The number of hydrogen-bond donors (Lipinski definition) is 0. The SMILES string of the molecule is C[N+]1(Cc2c3ccocc-3c(-c3ccccc3)c2[N+](=O)[O-])CCOCC1.[I-]. The van der Waals surface area contributed by atoms with Crippen LogP contribution in [0.5, 0.6) is 0 Å². The summed E-state index contributed by atoms with van der Waals surface area (Å²) in [6, 6.07) is 11.4. The van der Waals surface area contributed by atoms with Gasteiger partial charge in [-0.15, -0.1) is 0 Å². The normalized spacial score (nSPS) is 16.0. The number of ether oxygens (including phenoxy) is 1. The highest BCUT2D eigenvalue weighted by molar-refractivity contribution is 5.96. The van der Waals surface area contributed by atoms with Gasteiger partial charge < -0.3 is 37.6 Å². The molecule has 0 amide bonds. The van der Waals surface area contributed by atoms with Crippen LogP contribution in [-0.4, -0.2) is 42.8 Å². The predicted octanol–water partition coefficient (Wildman–Crippen LogP) is 0.940. The standard InChI is InChI=1S/C20H21N2O4.HI/c1-22(8-11-25-12-9-22)13-17-16-7-10-26-14-18(16)19(20(17)21(23)24)15-5-3-2-4-6-15;/h2-7,10,14H,8-9,11-13H2,1H3;1H/q+1;/p-1. The molecular weight excluding hydrogens is 459 g/mol. The Balaban J connectivity index is 0.00000210. The lowest BCUT2D eigenvalue weighted by Crippen LogP contribution is -3.00. The Labute approximate surface area is 174 Å². The van der Waals surface area contributed by atoms with Crippen molar-refractivity contribution in [3.05, 3.63) is 64.6 Å². The quantitative estimate of drug-likeness (QED) is 0.242. The van der Waals surface area contributed by atoms with E-state index in [4.69, 9.17) is 9.15 Å². The number of nitro groups is 1. The molecule has 2 aliphatic heterocycles. The fourth-order valence-electron chi connectivity index (χ4n) is 3.81. The Bertz CT molecular complexity index is 904. The first kappa shape index (κ1) is 19.8. The maximum Gasteiger partial charge on any atom is 0.287 e. The third kappa shape index (κ3) is 3.71. The highest BCUT2D eigenvalue weighted by Gasteiger charge is 2.37. The first-order valence-electron chi connectivity index (χ1n) is 8.71. The molecule has 1 saturated heterocycles. The summed E-state index contributed by atoms with van der Waals surface area (Å²) >= 11 is 0. The zero-order valence-corrected chi connectivity index (χ0v) is 17.2. The molecule has 4 rings (SSSR count). The molecule has 6 nitrogen and oxygen atoms in total. The van der Waals surface area contributed by atoms with Gasteiger partial charge in [-0.25, -0.2) is 0 Å². The van der Waals surface area contributed by atoms with E-state index in [1.165, 1.54) is 0 Å². The molecule has 0 aromatic heterocycles. The molecule has 0 N–H and O–H groups in total. The molecule has 1 aliphatic carbocycles. The van der Waals surface area contributed by atoms with Gasteiger partial charge in [0.2, 0.25) is 0 Å². The monoisotopic (exact) mass is 480 g/mol. The molecule has 142 valence electrons. The van der Waals surface area contributed by atoms with Crippen LogP contribution >= 0.6 is 0 Å². The number of rotatable bonds is 4. The second kappa shape index (κ2) is 7.95. The maximum absolute atomic E-state index is 12.1. The summed E-state index contributed by atoms with van der Waals surface area (Å²) in [5.41, 5.74) is 4.14. The largest absolute Gasteiger partial charge is 1.00 e. The van der Waals surface area contributed by atoms with Crippen LogP contribution in [-0.2, 0) is 11.3 Å². The molecule has 2 heterocycles. The van der Waals surface area contributed by atoms with Crippen molar-refractivity contribution in [2.75, 3.05) is 33.4 Å². The predicted molar refractivity (Wildman–Crippen MR) is 97.9 cm³/mol. The van der Waals surface area contributed by atoms with Crippen LogP contribution in [0.2, 0.25) is 0 Å². The number of fused-ring (bicyclic) bond motifs is 1. The van der Waals surface area contributed by atoms with E-state index < -0.39 is 0 Å². The van der Waals surface area contributed by atoms with Crippen molar-refractivity contribution in [1.29, 1.82) is 0 Å². The molecular formula is C20H21IN2O4. The zero-order valence-electron chi connectivity index (χ0n) is 15.1. The van der Waals surface area contributed by atoms with E-state index in [9.17, 15) is 10.1 Å². The molecule has 0 spiro atoms. The van der Waals surface area contributed by atoms with Crippen LogP contribution in [0.15, 0.2) is 53.3 Å². The van der Waals surface area contributed by atoms with Crippen molar-refractivity contribution < 1.29 is 42.5 Å². The van der Waals surface area contributed by atoms with E-state index in [0.29, 0.717) is 25.3 Å². The fraction of sp³-hybridized carbons (Fsp3) is 0.300. The van der Waals surface area contributed by atoms with Crippen LogP contribution in [0, 0.1) is 10.1 Å². The van der Waals surface area contributed by atoms with Gasteiger partial charge in [0.05, 0.1) is 48.8 Å². The first-order valence-corrected chi connectivity index (χ1v) is 8.71. The molecule has 7 heteroatoms. The molecule has 1 aromatic carbocycles. The number of halogens is 1. The summed E-state index contributed by atoms with van der Waals surface area (Å²) in [5.74, 6) is 0. The van der Waals surface area contributed by atoms with Gasteiger partial charge in [0.1, 0.15) is 19.6 Å². The van der Waals surface area contributed by atoms with Crippen molar-refractivity contribution in [3.63, 3.8) is 0 Å². The number of hydrogen-bond acceptors (Lipinski definition) is 4. The molecule has 0 atom stereocenters. The molecule has 0 unspecified atom stereocenters. The average Bonchev–Trinajstić information content (AvgIpc) is 2.97. The molecule has 0 saturated carbocycles. The topological polar surface area (TPSA) is 65.5 Å². The first-order chi connectivity index (χ1) is 12.6. The lowest BCUT2D eigenvalue weighted by molar-refractivity contribution is -0.929. The second-order valence-electron chi connectivity index (χ2n) is 7.05. The Hall–Kier alpha value is -1.97. The summed E-state index contributed by atoms with van der Waals surface area (Å²) in [5, 5.41) is 12.1. The van der Waals surface area contributed by atoms with Gasteiger partial charge in [0.25, 0.3) is 5.69 Å². The Morgan fingerprint density at radius 2 is 1.81 bits per heavy atom. The molecule has 3 aliphatic rings. The van der Waals surface area contributed by atoms with E-state index in [1.54, 1.807) is 12.5 Å². The molecule has 1 fully saturated rings. The minimum Gasteiger partial charge on any atom is -1.00 e. The van der Waals surface area contributed by atoms with Crippen molar-refractivity contribution in [2.24, 2.45) is 0 Å². The maximum atomic E-state index is 12.1. The van der Waals surface area contributed by atoms with Crippen molar-refractivity contribution in [1.82, 2.24) is 0 Å². The third-order valence-electron chi connectivity index (χ3n) is 5.24. The van der Waals surface area contributed by atoms with Crippen LogP contribution in [0.4, 0.5) is 5.69 Å². The summed E-state index contributed by atoms with van der Waals surface area (Å²) < 4.78 is 11.6. The second-order valence-corrected chi connectivity index (χ2v) is 7.05. The van der Waals surface area contributed by atoms with Crippen LogP contribution in [0.1, 0.15) is 5.56 Å².